The van der Waals surface area contributed by atoms with E-state index in [2.05, 4.69) is 64.9 Å². The van der Waals surface area contributed by atoms with Crippen LogP contribution in [0.2, 0.25) is 0 Å². The summed E-state index contributed by atoms with van der Waals surface area (Å²) in [7, 11) is 1.81. The zero-order chi connectivity index (χ0) is 18.1. The normalized spacial score (nSPS) is 16.1. The van der Waals surface area contributed by atoms with E-state index in [1.54, 1.807) is 0 Å². The highest BCUT2D eigenvalue weighted by Crippen LogP contribution is 2.19. The molecule has 148 valence electrons. The quantitative estimate of drug-likeness (QED) is 0.348. The average Bonchev–Trinajstić information content (AvgIpc) is 2.64. The summed E-state index contributed by atoms with van der Waals surface area (Å²) in [6.07, 6.45) is 2.14. The Labute approximate surface area is 179 Å². The number of ether oxygens (including phenoxy) is 1. The third-order valence-corrected chi connectivity index (χ3v) is 5.70. The molecule has 0 radical (unpaired) electrons. The Morgan fingerprint density at radius 1 is 1.15 bits per heavy atom. The van der Waals surface area contributed by atoms with Gasteiger partial charge in [0.2, 0.25) is 0 Å². The van der Waals surface area contributed by atoms with Crippen LogP contribution in [-0.4, -0.2) is 61.8 Å². The van der Waals surface area contributed by atoms with Crippen molar-refractivity contribution in [3.63, 3.8) is 0 Å². The Bertz CT molecular complexity index is 545. The molecular formula is C19H33IN4OS. The fourth-order valence-electron chi connectivity index (χ4n) is 2.56. The van der Waals surface area contributed by atoms with Crippen molar-refractivity contribution < 1.29 is 4.74 Å². The largest absolute Gasteiger partial charge is 0.379 e. The van der Waals surface area contributed by atoms with Gasteiger partial charge in [0.25, 0.3) is 0 Å². The molecule has 1 fully saturated rings. The molecule has 26 heavy (non-hydrogen) atoms. The molecule has 0 saturated carbocycles. The summed E-state index contributed by atoms with van der Waals surface area (Å²) in [5, 5.41) is 6.78. The van der Waals surface area contributed by atoms with Gasteiger partial charge in [-0.1, -0.05) is 24.3 Å². The van der Waals surface area contributed by atoms with Crippen LogP contribution in [0.4, 0.5) is 0 Å². The Morgan fingerprint density at radius 2 is 1.77 bits per heavy atom. The molecule has 0 atom stereocenters. The van der Waals surface area contributed by atoms with E-state index in [9.17, 15) is 0 Å². The molecule has 0 bridgehead atoms. The van der Waals surface area contributed by atoms with Gasteiger partial charge in [-0.25, -0.2) is 0 Å². The highest BCUT2D eigenvalue weighted by atomic mass is 127. The molecule has 1 aliphatic rings. The lowest BCUT2D eigenvalue weighted by molar-refractivity contribution is 0.0342. The number of morpholine rings is 1. The van der Waals surface area contributed by atoms with Gasteiger partial charge in [0, 0.05) is 44.5 Å². The van der Waals surface area contributed by atoms with Crippen LogP contribution in [0.1, 0.15) is 25.0 Å². The number of nitrogens with zero attached hydrogens (tertiary/aromatic N) is 2. The summed E-state index contributed by atoms with van der Waals surface area (Å²) < 4.78 is 5.59. The molecule has 1 saturated heterocycles. The lowest BCUT2D eigenvalue weighted by Gasteiger charge is -2.26. The SMILES string of the molecule is CN=C(NCc1ccc(CN2CCOCC2)cc1)NCC(C)(C)SC.I. The number of thioether (sulfide) groups is 1. The molecule has 5 nitrogen and oxygen atoms in total. The van der Waals surface area contributed by atoms with Gasteiger partial charge >= 0.3 is 0 Å². The second kappa shape index (κ2) is 12.0. The van der Waals surface area contributed by atoms with Crippen LogP contribution in [0.25, 0.3) is 0 Å². The summed E-state index contributed by atoms with van der Waals surface area (Å²) in [6.45, 7) is 10.9. The van der Waals surface area contributed by atoms with E-state index in [0.29, 0.717) is 0 Å². The number of guanidine groups is 1. The zero-order valence-electron chi connectivity index (χ0n) is 16.4. The number of benzene rings is 1. The molecule has 0 spiro atoms. The fourth-order valence-corrected chi connectivity index (χ4v) is 2.77. The van der Waals surface area contributed by atoms with E-state index >= 15 is 0 Å². The van der Waals surface area contributed by atoms with Crippen LogP contribution in [0.3, 0.4) is 0 Å². The van der Waals surface area contributed by atoms with Crippen LogP contribution in [0, 0.1) is 0 Å². The van der Waals surface area contributed by atoms with E-state index in [1.165, 1.54) is 11.1 Å². The topological polar surface area (TPSA) is 48.9 Å². The number of aliphatic imine (C=N–C) groups is 1. The zero-order valence-corrected chi connectivity index (χ0v) is 19.5. The molecule has 7 heteroatoms. The van der Waals surface area contributed by atoms with Crippen molar-refractivity contribution in [2.24, 2.45) is 4.99 Å². The van der Waals surface area contributed by atoms with Crippen LogP contribution in [0.5, 0.6) is 0 Å². The van der Waals surface area contributed by atoms with Crippen LogP contribution in [-0.2, 0) is 17.8 Å². The van der Waals surface area contributed by atoms with Crippen molar-refractivity contribution in [3.05, 3.63) is 35.4 Å². The number of rotatable bonds is 7. The van der Waals surface area contributed by atoms with E-state index in [-0.39, 0.29) is 28.7 Å². The molecule has 1 aromatic carbocycles. The van der Waals surface area contributed by atoms with Crippen molar-refractivity contribution in [3.8, 4) is 0 Å². The number of nitrogens with one attached hydrogen (secondary N) is 2. The molecule has 2 N–H and O–H groups in total. The van der Waals surface area contributed by atoms with E-state index in [4.69, 9.17) is 4.74 Å². The third kappa shape index (κ3) is 8.45. The number of hydrogen-bond donors (Lipinski definition) is 2. The first-order valence-electron chi connectivity index (χ1n) is 8.90. The second-order valence-electron chi connectivity index (χ2n) is 6.95. The number of halogens is 1. The van der Waals surface area contributed by atoms with Gasteiger partial charge in [0.15, 0.2) is 5.96 Å². The van der Waals surface area contributed by atoms with Crippen molar-refractivity contribution >= 4 is 41.7 Å². The van der Waals surface area contributed by atoms with Gasteiger partial charge in [-0.3, -0.25) is 9.89 Å². The van der Waals surface area contributed by atoms with E-state index < -0.39 is 0 Å². The van der Waals surface area contributed by atoms with Gasteiger partial charge in [-0.05, 0) is 31.2 Å². The van der Waals surface area contributed by atoms with Crippen LogP contribution < -0.4 is 10.6 Å². The van der Waals surface area contributed by atoms with Gasteiger partial charge < -0.3 is 15.4 Å². The Hall–Kier alpha value is -0.510. The van der Waals surface area contributed by atoms with E-state index in [1.807, 2.05) is 18.8 Å². The molecule has 2 rings (SSSR count). The molecule has 1 aromatic rings. The first-order valence-corrected chi connectivity index (χ1v) is 10.1. The van der Waals surface area contributed by atoms with Gasteiger partial charge in [0.1, 0.15) is 0 Å². The second-order valence-corrected chi connectivity index (χ2v) is 8.46. The summed E-state index contributed by atoms with van der Waals surface area (Å²) in [5.41, 5.74) is 2.62. The van der Waals surface area contributed by atoms with Crippen molar-refractivity contribution in [1.82, 2.24) is 15.5 Å². The summed E-state index contributed by atoms with van der Waals surface area (Å²) in [6, 6.07) is 8.84. The highest BCUT2D eigenvalue weighted by molar-refractivity contribution is 14.0. The maximum atomic E-state index is 5.40. The minimum absolute atomic E-state index is 0. The predicted octanol–water partition coefficient (Wildman–Crippen LogP) is 2.94. The van der Waals surface area contributed by atoms with Crippen LogP contribution in [0.15, 0.2) is 29.3 Å². The molecular weight excluding hydrogens is 459 g/mol. The van der Waals surface area contributed by atoms with Crippen molar-refractivity contribution in [2.45, 2.75) is 31.7 Å². The Morgan fingerprint density at radius 3 is 2.35 bits per heavy atom. The molecule has 1 aliphatic heterocycles. The maximum Gasteiger partial charge on any atom is 0.191 e. The van der Waals surface area contributed by atoms with E-state index in [0.717, 1.165) is 51.9 Å². The molecule has 0 amide bonds. The number of hydrogen-bond acceptors (Lipinski definition) is 4. The Kier molecular flexibility index (Phi) is 10.9. The smallest absolute Gasteiger partial charge is 0.191 e. The Balaban J connectivity index is 0.00000338. The fraction of sp³-hybridized carbons (Fsp3) is 0.632. The molecule has 1 heterocycles. The first-order chi connectivity index (χ1) is 12.0. The lowest BCUT2D eigenvalue weighted by atomic mass is 10.1. The van der Waals surface area contributed by atoms with Gasteiger partial charge in [-0.2, -0.15) is 11.8 Å². The van der Waals surface area contributed by atoms with Gasteiger partial charge in [-0.15, -0.1) is 24.0 Å². The standard InChI is InChI=1S/C19H32N4OS.HI/c1-19(2,25-4)15-22-18(20-3)21-13-16-5-7-17(8-6-16)14-23-9-11-24-12-10-23;/h5-8H,9-15H2,1-4H3,(H2,20,21,22);1H. The molecule has 0 aliphatic carbocycles. The summed E-state index contributed by atoms with van der Waals surface area (Å²) >= 11 is 1.85. The highest BCUT2D eigenvalue weighted by Gasteiger charge is 2.16. The first kappa shape index (κ1) is 23.5. The lowest BCUT2D eigenvalue weighted by Crippen LogP contribution is -2.42. The third-order valence-electron chi connectivity index (χ3n) is 4.45. The molecule has 0 aromatic heterocycles. The summed E-state index contributed by atoms with van der Waals surface area (Å²) in [4.78, 5) is 6.74. The average molecular weight is 492 g/mol. The van der Waals surface area contributed by atoms with Crippen LogP contribution >= 0.6 is 35.7 Å². The predicted molar refractivity (Wildman–Crippen MR) is 124 cm³/mol. The van der Waals surface area contributed by atoms with Crippen molar-refractivity contribution in [2.75, 3.05) is 46.2 Å². The molecule has 0 unspecified atom stereocenters. The van der Waals surface area contributed by atoms with Gasteiger partial charge in [0.05, 0.1) is 13.2 Å². The summed E-state index contributed by atoms with van der Waals surface area (Å²) in [5.74, 6) is 0.847. The minimum Gasteiger partial charge on any atom is -0.379 e. The maximum absolute atomic E-state index is 5.40. The minimum atomic E-state index is 0. The van der Waals surface area contributed by atoms with Crippen molar-refractivity contribution in [1.29, 1.82) is 0 Å². The monoisotopic (exact) mass is 492 g/mol.